The zero-order chi connectivity index (χ0) is 15.3. The first kappa shape index (κ1) is 15.0. The number of rotatable bonds is 4. The lowest BCUT2D eigenvalue weighted by molar-refractivity contribution is 0.0946. The Bertz CT molecular complexity index is 605. The van der Waals surface area contributed by atoms with E-state index >= 15 is 0 Å². The summed E-state index contributed by atoms with van der Waals surface area (Å²) in [6.45, 7) is 6.52. The van der Waals surface area contributed by atoms with Gasteiger partial charge >= 0.3 is 0 Å². The number of aromatic nitrogens is 2. The van der Waals surface area contributed by atoms with E-state index in [1.165, 1.54) is 0 Å². The smallest absolute Gasteiger partial charge is 0.270 e. The van der Waals surface area contributed by atoms with Gasteiger partial charge in [-0.1, -0.05) is 30.3 Å². The normalized spacial score (nSPS) is 11.0. The van der Waals surface area contributed by atoms with E-state index in [0.29, 0.717) is 18.2 Å². The standard InChI is InChI=1S/C16H20N4O/c1-16(2,3)20-15-17-10-9-13(19-15)14(21)18-11-12-7-5-4-6-8-12/h4-10H,11H2,1-3H3,(H,18,21)(H,17,19,20). The van der Waals surface area contributed by atoms with Crippen molar-refractivity contribution in [3.63, 3.8) is 0 Å². The molecule has 2 rings (SSSR count). The molecule has 1 aromatic carbocycles. The summed E-state index contributed by atoms with van der Waals surface area (Å²) in [5.41, 5.74) is 1.25. The molecule has 0 saturated carbocycles. The predicted molar refractivity (Wildman–Crippen MR) is 83.0 cm³/mol. The van der Waals surface area contributed by atoms with Crippen molar-refractivity contribution in [1.29, 1.82) is 0 Å². The maximum atomic E-state index is 12.1. The number of carbonyl (C=O) groups excluding carboxylic acids is 1. The van der Waals surface area contributed by atoms with Crippen molar-refractivity contribution in [3.8, 4) is 0 Å². The molecule has 1 amide bonds. The van der Waals surface area contributed by atoms with Crippen LogP contribution in [0.5, 0.6) is 0 Å². The molecule has 0 spiro atoms. The summed E-state index contributed by atoms with van der Waals surface area (Å²) in [6.07, 6.45) is 1.58. The molecule has 0 aliphatic rings. The van der Waals surface area contributed by atoms with Crippen LogP contribution in [0.2, 0.25) is 0 Å². The third-order valence-electron chi connectivity index (χ3n) is 2.67. The fraction of sp³-hybridized carbons (Fsp3) is 0.312. The van der Waals surface area contributed by atoms with Gasteiger partial charge in [0, 0.05) is 18.3 Å². The van der Waals surface area contributed by atoms with Crippen LogP contribution in [0, 0.1) is 0 Å². The van der Waals surface area contributed by atoms with E-state index in [0.717, 1.165) is 5.56 Å². The molecule has 0 fully saturated rings. The number of nitrogens with zero attached hydrogens (tertiary/aromatic N) is 2. The van der Waals surface area contributed by atoms with Gasteiger partial charge in [0.05, 0.1) is 0 Å². The molecular weight excluding hydrogens is 264 g/mol. The van der Waals surface area contributed by atoms with Gasteiger partial charge in [0.25, 0.3) is 5.91 Å². The predicted octanol–water partition coefficient (Wildman–Crippen LogP) is 2.62. The van der Waals surface area contributed by atoms with Crippen molar-refractivity contribution in [2.75, 3.05) is 5.32 Å². The lowest BCUT2D eigenvalue weighted by Gasteiger charge is -2.20. The van der Waals surface area contributed by atoms with Gasteiger partial charge in [-0.25, -0.2) is 9.97 Å². The first-order valence-corrected chi connectivity index (χ1v) is 6.87. The fourth-order valence-electron chi connectivity index (χ4n) is 1.75. The first-order valence-electron chi connectivity index (χ1n) is 6.87. The van der Waals surface area contributed by atoms with Crippen LogP contribution < -0.4 is 10.6 Å². The number of hydrogen-bond donors (Lipinski definition) is 2. The molecule has 0 aliphatic heterocycles. The van der Waals surface area contributed by atoms with E-state index in [1.54, 1.807) is 12.3 Å². The molecule has 0 atom stereocenters. The zero-order valence-electron chi connectivity index (χ0n) is 12.6. The van der Waals surface area contributed by atoms with Crippen molar-refractivity contribution >= 4 is 11.9 Å². The molecule has 110 valence electrons. The van der Waals surface area contributed by atoms with Gasteiger partial charge < -0.3 is 10.6 Å². The van der Waals surface area contributed by atoms with Crippen LogP contribution in [-0.4, -0.2) is 21.4 Å². The van der Waals surface area contributed by atoms with E-state index in [1.807, 2.05) is 51.1 Å². The van der Waals surface area contributed by atoms with Crippen LogP contribution in [0.1, 0.15) is 36.8 Å². The van der Waals surface area contributed by atoms with E-state index in [-0.39, 0.29) is 11.4 Å². The highest BCUT2D eigenvalue weighted by atomic mass is 16.1. The molecule has 5 heteroatoms. The Balaban J connectivity index is 2.01. The van der Waals surface area contributed by atoms with Gasteiger partial charge in [0.1, 0.15) is 5.69 Å². The summed E-state index contributed by atoms with van der Waals surface area (Å²) in [5, 5.41) is 6.00. The second kappa shape index (κ2) is 6.35. The summed E-state index contributed by atoms with van der Waals surface area (Å²) in [5.74, 6) is 0.244. The average Bonchev–Trinajstić information content (AvgIpc) is 2.44. The molecule has 0 radical (unpaired) electrons. The summed E-state index contributed by atoms with van der Waals surface area (Å²) in [4.78, 5) is 20.5. The van der Waals surface area contributed by atoms with E-state index in [9.17, 15) is 4.79 Å². The van der Waals surface area contributed by atoms with Crippen molar-refractivity contribution < 1.29 is 4.79 Å². The van der Waals surface area contributed by atoms with Crippen LogP contribution in [0.4, 0.5) is 5.95 Å². The summed E-state index contributed by atoms with van der Waals surface area (Å²) < 4.78 is 0. The SMILES string of the molecule is CC(C)(C)Nc1nccc(C(=O)NCc2ccccc2)n1. The second-order valence-corrected chi connectivity index (χ2v) is 5.81. The molecule has 0 aliphatic carbocycles. The highest BCUT2D eigenvalue weighted by Crippen LogP contribution is 2.09. The lowest BCUT2D eigenvalue weighted by Crippen LogP contribution is -2.29. The maximum Gasteiger partial charge on any atom is 0.270 e. The molecule has 1 heterocycles. The quantitative estimate of drug-likeness (QED) is 0.905. The van der Waals surface area contributed by atoms with Gasteiger partial charge in [0.15, 0.2) is 0 Å². The van der Waals surface area contributed by atoms with Crippen LogP contribution >= 0.6 is 0 Å². The van der Waals surface area contributed by atoms with Crippen LogP contribution in [0.15, 0.2) is 42.6 Å². The topological polar surface area (TPSA) is 66.9 Å². The molecule has 0 saturated heterocycles. The molecule has 2 aromatic rings. The van der Waals surface area contributed by atoms with Crippen molar-refractivity contribution in [3.05, 3.63) is 53.9 Å². The highest BCUT2D eigenvalue weighted by Gasteiger charge is 2.13. The van der Waals surface area contributed by atoms with E-state index in [4.69, 9.17) is 0 Å². The summed E-state index contributed by atoms with van der Waals surface area (Å²) in [7, 11) is 0. The molecule has 21 heavy (non-hydrogen) atoms. The second-order valence-electron chi connectivity index (χ2n) is 5.81. The monoisotopic (exact) mass is 284 g/mol. The van der Waals surface area contributed by atoms with Gasteiger partial charge in [-0.2, -0.15) is 0 Å². The summed E-state index contributed by atoms with van der Waals surface area (Å²) >= 11 is 0. The molecular formula is C16H20N4O. The fourth-order valence-corrected chi connectivity index (χ4v) is 1.75. The zero-order valence-corrected chi connectivity index (χ0v) is 12.6. The van der Waals surface area contributed by atoms with Crippen LogP contribution in [0.25, 0.3) is 0 Å². The Morgan fingerprint density at radius 2 is 1.86 bits per heavy atom. The average molecular weight is 284 g/mol. The number of nitrogens with one attached hydrogen (secondary N) is 2. The largest absolute Gasteiger partial charge is 0.350 e. The molecule has 0 bridgehead atoms. The van der Waals surface area contributed by atoms with Crippen molar-refractivity contribution in [2.24, 2.45) is 0 Å². The van der Waals surface area contributed by atoms with Crippen LogP contribution in [-0.2, 0) is 6.54 Å². The Morgan fingerprint density at radius 1 is 1.14 bits per heavy atom. The van der Waals surface area contributed by atoms with E-state index in [2.05, 4.69) is 20.6 Å². The van der Waals surface area contributed by atoms with Crippen molar-refractivity contribution in [1.82, 2.24) is 15.3 Å². The third kappa shape index (κ3) is 4.87. The number of benzene rings is 1. The number of anilines is 1. The van der Waals surface area contributed by atoms with Crippen LogP contribution in [0.3, 0.4) is 0 Å². The van der Waals surface area contributed by atoms with Gasteiger partial charge in [-0.05, 0) is 32.4 Å². The minimum atomic E-state index is -0.210. The van der Waals surface area contributed by atoms with Gasteiger partial charge in [-0.3, -0.25) is 4.79 Å². The molecule has 0 unspecified atom stereocenters. The Labute approximate surface area is 124 Å². The Kier molecular flexibility index (Phi) is 4.52. The first-order chi connectivity index (χ1) is 9.94. The lowest BCUT2D eigenvalue weighted by atomic mass is 10.1. The number of amides is 1. The van der Waals surface area contributed by atoms with Gasteiger partial charge in [-0.15, -0.1) is 0 Å². The summed E-state index contributed by atoms with van der Waals surface area (Å²) in [6, 6.07) is 11.4. The molecule has 5 nitrogen and oxygen atoms in total. The van der Waals surface area contributed by atoms with Crippen molar-refractivity contribution in [2.45, 2.75) is 32.9 Å². The van der Waals surface area contributed by atoms with E-state index < -0.39 is 0 Å². The van der Waals surface area contributed by atoms with Gasteiger partial charge in [0.2, 0.25) is 5.95 Å². The minimum Gasteiger partial charge on any atom is -0.350 e. The number of hydrogen-bond acceptors (Lipinski definition) is 4. The highest BCUT2D eigenvalue weighted by molar-refractivity contribution is 5.92. The minimum absolute atomic E-state index is 0.154. The maximum absolute atomic E-state index is 12.1. The Hall–Kier alpha value is -2.43. The third-order valence-corrected chi connectivity index (χ3v) is 2.67. The Morgan fingerprint density at radius 3 is 2.52 bits per heavy atom. The molecule has 2 N–H and O–H groups in total. The molecule has 1 aromatic heterocycles. The number of carbonyl (C=O) groups is 1.